The van der Waals surface area contributed by atoms with E-state index in [0.717, 1.165) is 37.4 Å². The lowest BCUT2D eigenvalue weighted by Crippen LogP contribution is -3.19. The molecule has 0 unspecified atom stereocenters. The van der Waals surface area contributed by atoms with E-state index in [-0.39, 0.29) is 17.8 Å². The van der Waals surface area contributed by atoms with E-state index in [1.54, 1.807) is 19.2 Å². The average molecular weight is 372 g/mol. The van der Waals surface area contributed by atoms with Gasteiger partial charge in [-0.05, 0) is 55.8 Å². The molecule has 1 saturated heterocycles. The van der Waals surface area contributed by atoms with Gasteiger partial charge < -0.3 is 19.9 Å². The SMILES string of the molecule is COc1ccc(C)cc1NC(=O)[C@@H](C)[NH+]1CCN(c2ccc(F)cc2)CC1. The molecule has 2 N–H and O–H groups in total. The fourth-order valence-corrected chi connectivity index (χ4v) is 3.48. The number of nitrogens with one attached hydrogen (secondary N) is 2. The van der Waals surface area contributed by atoms with Crippen LogP contribution >= 0.6 is 0 Å². The number of hydrogen-bond donors (Lipinski definition) is 2. The predicted octanol–water partition coefficient (Wildman–Crippen LogP) is 1.87. The molecular formula is C21H27FN3O2+. The molecule has 0 spiro atoms. The van der Waals surface area contributed by atoms with Crippen molar-refractivity contribution in [3.63, 3.8) is 0 Å². The summed E-state index contributed by atoms with van der Waals surface area (Å²) in [5.74, 6) is 0.432. The molecule has 1 aliphatic heterocycles. The zero-order valence-corrected chi connectivity index (χ0v) is 16.1. The summed E-state index contributed by atoms with van der Waals surface area (Å²) in [5, 5.41) is 3.01. The molecule has 2 aromatic carbocycles. The van der Waals surface area contributed by atoms with Gasteiger partial charge in [-0.25, -0.2) is 4.39 Å². The first-order valence-corrected chi connectivity index (χ1v) is 9.28. The molecule has 1 aliphatic rings. The van der Waals surface area contributed by atoms with Crippen LogP contribution < -0.4 is 19.9 Å². The average Bonchev–Trinajstić information content (AvgIpc) is 2.68. The Morgan fingerprint density at radius 1 is 1.19 bits per heavy atom. The van der Waals surface area contributed by atoms with Crippen molar-refractivity contribution < 1.29 is 18.8 Å². The van der Waals surface area contributed by atoms with E-state index in [4.69, 9.17) is 4.74 Å². The summed E-state index contributed by atoms with van der Waals surface area (Å²) in [5.41, 5.74) is 2.80. The topological polar surface area (TPSA) is 46.0 Å². The lowest BCUT2D eigenvalue weighted by molar-refractivity contribution is -0.914. The minimum absolute atomic E-state index is 0.0101. The Labute approximate surface area is 159 Å². The third-order valence-electron chi connectivity index (χ3n) is 5.22. The van der Waals surface area contributed by atoms with Gasteiger partial charge in [0.05, 0.1) is 39.0 Å². The summed E-state index contributed by atoms with van der Waals surface area (Å²) >= 11 is 0. The van der Waals surface area contributed by atoms with Crippen LogP contribution in [0, 0.1) is 12.7 Å². The van der Waals surface area contributed by atoms with Crippen molar-refractivity contribution in [1.82, 2.24) is 0 Å². The van der Waals surface area contributed by atoms with E-state index in [1.807, 2.05) is 32.0 Å². The van der Waals surface area contributed by atoms with Gasteiger partial charge in [-0.1, -0.05) is 6.07 Å². The number of benzene rings is 2. The molecule has 0 aliphatic carbocycles. The number of carbonyl (C=O) groups excluding carboxylic acids is 1. The van der Waals surface area contributed by atoms with E-state index in [1.165, 1.54) is 17.0 Å². The lowest BCUT2D eigenvalue weighted by atomic mass is 10.1. The fourth-order valence-electron chi connectivity index (χ4n) is 3.48. The van der Waals surface area contributed by atoms with Gasteiger partial charge in [0.2, 0.25) is 0 Å². The van der Waals surface area contributed by atoms with Crippen LogP contribution in [0.15, 0.2) is 42.5 Å². The first-order valence-electron chi connectivity index (χ1n) is 9.28. The van der Waals surface area contributed by atoms with Crippen molar-refractivity contribution >= 4 is 17.3 Å². The number of piperazine rings is 1. The number of amides is 1. The van der Waals surface area contributed by atoms with Gasteiger partial charge in [-0.15, -0.1) is 0 Å². The third kappa shape index (κ3) is 4.57. The summed E-state index contributed by atoms with van der Waals surface area (Å²) in [7, 11) is 1.60. The Balaban J connectivity index is 1.58. The number of quaternary nitrogens is 1. The number of carbonyl (C=O) groups is 1. The highest BCUT2D eigenvalue weighted by atomic mass is 19.1. The molecule has 2 aromatic rings. The van der Waals surface area contributed by atoms with Crippen LogP contribution in [0.4, 0.5) is 15.8 Å². The number of ether oxygens (including phenoxy) is 1. The van der Waals surface area contributed by atoms with Crippen LogP contribution in [0.25, 0.3) is 0 Å². The highest BCUT2D eigenvalue weighted by Gasteiger charge is 2.29. The number of rotatable bonds is 5. The highest BCUT2D eigenvalue weighted by molar-refractivity contribution is 5.95. The molecule has 1 atom stereocenters. The van der Waals surface area contributed by atoms with Crippen LogP contribution in [-0.4, -0.2) is 45.2 Å². The Morgan fingerprint density at radius 3 is 2.48 bits per heavy atom. The fraction of sp³-hybridized carbons (Fsp3) is 0.381. The van der Waals surface area contributed by atoms with Crippen LogP contribution in [0.1, 0.15) is 12.5 Å². The molecule has 5 nitrogen and oxygen atoms in total. The summed E-state index contributed by atoms with van der Waals surface area (Å²) in [6.45, 7) is 7.34. The van der Waals surface area contributed by atoms with Crippen molar-refractivity contribution in [3.05, 3.63) is 53.8 Å². The van der Waals surface area contributed by atoms with Gasteiger partial charge in [-0.2, -0.15) is 0 Å². The van der Waals surface area contributed by atoms with Crippen LogP contribution in [0.5, 0.6) is 5.75 Å². The second-order valence-electron chi connectivity index (χ2n) is 7.04. The Kier molecular flexibility index (Phi) is 5.96. The van der Waals surface area contributed by atoms with Gasteiger partial charge in [0, 0.05) is 5.69 Å². The molecule has 144 valence electrons. The Bertz CT molecular complexity index is 787. The molecule has 0 radical (unpaired) electrons. The van der Waals surface area contributed by atoms with E-state index < -0.39 is 0 Å². The van der Waals surface area contributed by atoms with Crippen molar-refractivity contribution in [3.8, 4) is 5.75 Å². The minimum Gasteiger partial charge on any atom is -0.495 e. The number of anilines is 2. The standard InChI is InChI=1S/C21H26FN3O2/c1-15-4-9-20(27-3)19(14-15)23-21(26)16(2)24-10-12-25(13-11-24)18-7-5-17(22)6-8-18/h4-9,14,16H,10-13H2,1-3H3,(H,23,26)/p+1/t16-/m1/s1. The summed E-state index contributed by atoms with van der Waals surface area (Å²) < 4.78 is 18.4. The second kappa shape index (κ2) is 8.39. The van der Waals surface area contributed by atoms with Crippen molar-refractivity contribution in [1.29, 1.82) is 0 Å². The highest BCUT2D eigenvalue weighted by Crippen LogP contribution is 2.25. The number of methoxy groups -OCH3 is 1. The molecule has 1 heterocycles. The van der Waals surface area contributed by atoms with Crippen molar-refractivity contribution in [2.45, 2.75) is 19.9 Å². The first-order chi connectivity index (χ1) is 13.0. The molecule has 27 heavy (non-hydrogen) atoms. The maximum atomic E-state index is 13.1. The van der Waals surface area contributed by atoms with Crippen LogP contribution in [0.3, 0.4) is 0 Å². The van der Waals surface area contributed by atoms with Crippen molar-refractivity contribution in [2.24, 2.45) is 0 Å². The largest absolute Gasteiger partial charge is 0.495 e. The summed E-state index contributed by atoms with van der Waals surface area (Å²) in [6.07, 6.45) is 0. The molecule has 0 aromatic heterocycles. The molecule has 1 amide bonds. The van der Waals surface area contributed by atoms with E-state index in [0.29, 0.717) is 11.4 Å². The Morgan fingerprint density at radius 2 is 1.85 bits per heavy atom. The molecule has 0 saturated carbocycles. The summed E-state index contributed by atoms with van der Waals surface area (Å²) in [4.78, 5) is 16.2. The number of halogens is 1. The molecule has 0 bridgehead atoms. The normalized spacial score (nSPS) is 16.1. The molecular weight excluding hydrogens is 345 g/mol. The number of hydrogen-bond acceptors (Lipinski definition) is 3. The van der Waals surface area contributed by atoms with Crippen molar-refractivity contribution in [2.75, 3.05) is 43.5 Å². The maximum Gasteiger partial charge on any atom is 0.282 e. The predicted molar refractivity (Wildman–Crippen MR) is 105 cm³/mol. The van der Waals surface area contributed by atoms with Crippen LogP contribution in [-0.2, 0) is 4.79 Å². The van der Waals surface area contributed by atoms with Crippen LogP contribution in [0.2, 0.25) is 0 Å². The zero-order valence-electron chi connectivity index (χ0n) is 16.1. The number of nitrogens with zero attached hydrogens (tertiary/aromatic N) is 1. The summed E-state index contributed by atoms with van der Waals surface area (Å²) in [6, 6.07) is 12.2. The van der Waals surface area contributed by atoms with Gasteiger partial charge in [0.1, 0.15) is 11.6 Å². The van der Waals surface area contributed by atoms with Gasteiger partial charge >= 0.3 is 0 Å². The molecule has 1 fully saturated rings. The van der Waals surface area contributed by atoms with E-state index in [9.17, 15) is 9.18 Å². The molecule has 3 rings (SSSR count). The minimum atomic E-state index is -0.222. The number of aryl methyl sites for hydroxylation is 1. The molecule has 6 heteroatoms. The third-order valence-corrected chi connectivity index (χ3v) is 5.22. The smallest absolute Gasteiger partial charge is 0.282 e. The van der Waals surface area contributed by atoms with Gasteiger partial charge in [-0.3, -0.25) is 4.79 Å². The quantitative estimate of drug-likeness (QED) is 0.842. The maximum absolute atomic E-state index is 13.1. The first kappa shape index (κ1) is 19.2. The van der Waals surface area contributed by atoms with Gasteiger partial charge in [0.15, 0.2) is 6.04 Å². The van der Waals surface area contributed by atoms with Gasteiger partial charge in [0.25, 0.3) is 5.91 Å². The van der Waals surface area contributed by atoms with E-state index in [2.05, 4.69) is 10.2 Å². The zero-order chi connectivity index (χ0) is 19.4. The van der Waals surface area contributed by atoms with E-state index >= 15 is 0 Å². The monoisotopic (exact) mass is 372 g/mol. The second-order valence-corrected chi connectivity index (χ2v) is 7.04. The lowest BCUT2D eigenvalue weighted by Gasteiger charge is -2.36. The Hall–Kier alpha value is -2.60.